The Morgan fingerprint density at radius 1 is 1.38 bits per heavy atom. The molecule has 4 heteroatoms. The average molecular weight is 291 g/mol. The van der Waals surface area contributed by atoms with E-state index in [0.29, 0.717) is 13.2 Å². The second kappa shape index (κ2) is 7.05. The fraction of sp³-hybridized carbons (Fsp3) is 0.588. The first-order valence-corrected chi connectivity index (χ1v) is 7.57. The Balaban J connectivity index is 1.87. The highest BCUT2D eigenvalue weighted by Crippen LogP contribution is 2.28. The predicted octanol–water partition coefficient (Wildman–Crippen LogP) is 2.39. The quantitative estimate of drug-likeness (QED) is 0.710. The highest BCUT2D eigenvalue weighted by molar-refractivity contribution is 5.81. The Labute approximate surface area is 126 Å². The van der Waals surface area contributed by atoms with Crippen LogP contribution in [0.1, 0.15) is 25.3 Å². The van der Waals surface area contributed by atoms with E-state index in [0.717, 1.165) is 24.6 Å². The minimum Gasteiger partial charge on any atom is -0.481 e. The molecule has 0 aliphatic heterocycles. The smallest absolute Gasteiger partial charge is 0.315 e. The standard InChI is InChI=1S/C17H25NO3/c1-17(16(19)20,15-6-4-3-5-7-15)13-18(2)10-11-21-12-14-8-9-14/h3-7,14H,8-13H2,1-2H3,(H,19,20). The summed E-state index contributed by atoms with van der Waals surface area (Å²) in [5, 5.41) is 9.63. The molecule has 1 aromatic rings. The minimum absolute atomic E-state index is 0.471. The van der Waals surface area contributed by atoms with Crippen LogP contribution in [0.15, 0.2) is 30.3 Å². The van der Waals surface area contributed by atoms with Crippen molar-refractivity contribution in [1.82, 2.24) is 4.90 Å². The van der Waals surface area contributed by atoms with Gasteiger partial charge in [-0.2, -0.15) is 0 Å². The molecule has 0 saturated heterocycles. The molecule has 1 fully saturated rings. The van der Waals surface area contributed by atoms with Crippen molar-refractivity contribution < 1.29 is 14.6 Å². The van der Waals surface area contributed by atoms with Crippen LogP contribution >= 0.6 is 0 Å². The molecule has 0 heterocycles. The van der Waals surface area contributed by atoms with Gasteiger partial charge >= 0.3 is 5.97 Å². The van der Waals surface area contributed by atoms with E-state index < -0.39 is 11.4 Å². The summed E-state index contributed by atoms with van der Waals surface area (Å²) >= 11 is 0. The fourth-order valence-electron chi connectivity index (χ4n) is 2.46. The lowest BCUT2D eigenvalue weighted by Crippen LogP contribution is -2.44. The number of benzene rings is 1. The molecule has 0 amide bonds. The first kappa shape index (κ1) is 16.0. The van der Waals surface area contributed by atoms with E-state index >= 15 is 0 Å². The molecule has 2 rings (SSSR count). The van der Waals surface area contributed by atoms with Crippen molar-refractivity contribution in [2.24, 2.45) is 5.92 Å². The van der Waals surface area contributed by atoms with Crippen molar-refractivity contribution in [3.63, 3.8) is 0 Å². The highest BCUT2D eigenvalue weighted by Gasteiger charge is 2.36. The first-order valence-electron chi connectivity index (χ1n) is 7.57. The number of ether oxygens (including phenoxy) is 1. The van der Waals surface area contributed by atoms with Gasteiger partial charge < -0.3 is 14.7 Å². The maximum Gasteiger partial charge on any atom is 0.315 e. The molecule has 1 atom stereocenters. The van der Waals surface area contributed by atoms with Gasteiger partial charge in [0.15, 0.2) is 0 Å². The van der Waals surface area contributed by atoms with Crippen LogP contribution in [-0.4, -0.2) is 49.3 Å². The Kier molecular flexibility index (Phi) is 5.37. The van der Waals surface area contributed by atoms with Crippen LogP contribution in [0.2, 0.25) is 0 Å². The monoisotopic (exact) mass is 291 g/mol. The van der Waals surface area contributed by atoms with E-state index in [1.807, 2.05) is 42.3 Å². The lowest BCUT2D eigenvalue weighted by molar-refractivity contribution is -0.144. The third-order valence-corrected chi connectivity index (χ3v) is 4.14. The Bertz CT molecular complexity index is 458. The van der Waals surface area contributed by atoms with Crippen LogP contribution in [0.3, 0.4) is 0 Å². The lowest BCUT2D eigenvalue weighted by Gasteiger charge is -2.30. The Morgan fingerprint density at radius 2 is 2.05 bits per heavy atom. The molecule has 1 N–H and O–H groups in total. The molecule has 1 aliphatic rings. The van der Waals surface area contributed by atoms with E-state index in [-0.39, 0.29) is 0 Å². The zero-order chi connectivity index (χ0) is 15.3. The molecule has 1 saturated carbocycles. The van der Waals surface area contributed by atoms with Crippen molar-refractivity contribution in [3.05, 3.63) is 35.9 Å². The van der Waals surface area contributed by atoms with Gasteiger partial charge in [-0.05, 0) is 38.3 Å². The highest BCUT2D eigenvalue weighted by atomic mass is 16.5. The number of carboxylic acid groups (broad SMARTS) is 1. The predicted molar refractivity (Wildman–Crippen MR) is 82.5 cm³/mol. The summed E-state index contributed by atoms with van der Waals surface area (Å²) < 4.78 is 5.62. The number of rotatable bonds is 9. The summed E-state index contributed by atoms with van der Waals surface area (Å²) in [4.78, 5) is 13.8. The van der Waals surface area contributed by atoms with Gasteiger partial charge in [0.1, 0.15) is 5.41 Å². The van der Waals surface area contributed by atoms with Crippen LogP contribution in [0.5, 0.6) is 0 Å². The molecule has 21 heavy (non-hydrogen) atoms. The molecule has 0 radical (unpaired) electrons. The fourth-order valence-corrected chi connectivity index (χ4v) is 2.46. The summed E-state index contributed by atoms with van der Waals surface area (Å²) in [5.74, 6) is -0.0247. The van der Waals surface area contributed by atoms with Crippen LogP contribution in [0.4, 0.5) is 0 Å². The molecular formula is C17H25NO3. The Hall–Kier alpha value is -1.39. The second-order valence-corrected chi connectivity index (χ2v) is 6.26. The summed E-state index contributed by atoms with van der Waals surface area (Å²) in [5.41, 5.74) is -0.0600. The van der Waals surface area contributed by atoms with Gasteiger partial charge in [0.25, 0.3) is 0 Å². The number of nitrogens with zero attached hydrogens (tertiary/aromatic N) is 1. The van der Waals surface area contributed by atoms with Gasteiger partial charge in [-0.3, -0.25) is 4.79 Å². The van der Waals surface area contributed by atoms with Crippen molar-refractivity contribution in [1.29, 1.82) is 0 Å². The average Bonchev–Trinajstić information content (AvgIpc) is 3.28. The van der Waals surface area contributed by atoms with Crippen molar-refractivity contribution in [2.75, 3.05) is 33.4 Å². The van der Waals surface area contributed by atoms with Gasteiger partial charge in [-0.15, -0.1) is 0 Å². The number of likely N-dealkylation sites (N-methyl/N-ethyl adjacent to an activating group) is 1. The van der Waals surface area contributed by atoms with E-state index in [1.165, 1.54) is 12.8 Å². The number of hydrogen-bond donors (Lipinski definition) is 1. The first-order chi connectivity index (χ1) is 10.0. The lowest BCUT2D eigenvalue weighted by atomic mass is 9.82. The third-order valence-electron chi connectivity index (χ3n) is 4.14. The van der Waals surface area contributed by atoms with Gasteiger partial charge in [0.05, 0.1) is 6.61 Å². The van der Waals surface area contributed by atoms with Gasteiger partial charge in [0, 0.05) is 19.7 Å². The largest absolute Gasteiger partial charge is 0.481 e. The topological polar surface area (TPSA) is 49.8 Å². The maximum atomic E-state index is 11.7. The van der Waals surface area contributed by atoms with Crippen LogP contribution in [0.25, 0.3) is 0 Å². The van der Waals surface area contributed by atoms with E-state index in [9.17, 15) is 9.90 Å². The van der Waals surface area contributed by atoms with Crippen molar-refractivity contribution >= 4 is 5.97 Å². The van der Waals surface area contributed by atoms with E-state index in [2.05, 4.69) is 0 Å². The van der Waals surface area contributed by atoms with Gasteiger partial charge in [-0.25, -0.2) is 0 Å². The van der Waals surface area contributed by atoms with Crippen LogP contribution in [-0.2, 0) is 14.9 Å². The summed E-state index contributed by atoms with van der Waals surface area (Å²) in [6.07, 6.45) is 2.59. The van der Waals surface area contributed by atoms with Crippen molar-refractivity contribution in [3.8, 4) is 0 Å². The molecule has 0 aromatic heterocycles. The molecule has 0 bridgehead atoms. The molecule has 116 valence electrons. The molecule has 1 unspecified atom stereocenters. The van der Waals surface area contributed by atoms with Crippen molar-refractivity contribution in [2.45, 2.75) is 25.2 Å². The minimum atomic E-state index is -0.896. The van der Waals surface area contributed by atoms with Crippen LogP contribution in [0, 0.1) is 5.92 Å². The number of aliphatic carboxylic acids is 1. The van der Waals surface area contributed by atoms with E-state index in [4.69, 9.17) is 4.74 Å². The maximum absolute atomic E-state index is 11.7. The van der Waals surface area contributed by atoms with E-state index in [1.54, 1.807) is 6.92 Å². The summed E-state index contributed by atoms with van der Waals surface area (Å²) in [6.45, 7) is 4.52. The molecule has 0 spiro atoms. The molecule has 1 aliphatic carbocycles. The second-order valence-electron chi connectivity index (χ2n) is 6.26. The van der Waals surface area contributed by atoms with Gasteiger partial charge in [0.2, 0.25) is 0 Å². The molecular weight excluding hydrogens is 266 g/mol. The number of carboxylic acids is 1. The van der Waals surface area contributed by atoms with Gasteiger partial charge in [-0.1, -0.05) is 30.3 Å². The summed E-state index contributed by atoms with van der Waals surface area (Å²) in [6, 6.07) is 9.43. The normalized spacial score (nSPS) is 17.7. The SMILES string of the molecule is CN(CCOCC1CC1)CC(C)(C(=O)O)c1ccccc1. The number of hydrogen-bond acceptors (Lipinski definition) is 3. The summed E-state index contributed by atoms with van der Waals surface area (Å²) in [7, 11) is 1.95. The zero-order valence-corrected chi connectivity index (χ0v) is 12.9. The molecule has 4 nitrogen and oxygen atoms in total. The van der Waals surface area contributed by atoms with Crippen LogP contribution < -0.4 is 0 Å². The Morgan fingerprint density at radius 3 is 2.62 bits per heavy atom. The molecule has 1 aromatic carbocycles. The third kappa shape index (κ3) is 4.55. The number of carbonyl (C=O) groups is 1. The zero-order valence-electron chi connectivity index (χ0n) is 12.9.